The quantitative estimate of drug-likeness (QED) is 0.737. The third kappa shape index (κ3) is 2.64. The third-order valence-corrected chi connectivity index (χ3v) is 5.88. The number of ether oxygens (including phenoxy) is 1. The predicted molar refractivity (Wildman–Crippen MR) is 89.9 cm³/mol. The van der Waals surface area contributed by atoms with E-state index in [1.54, 1.807) is 0 Å². The van der Waals surface area contributed by atoms with E-state index < -0.39 is 5.60 Å². The Labute approximate surface area is 139 Å². The number of nitrogens with zero attached hydrogens (tertiary/aromatic N) is 1. The van der Waals surface area contributed by atoms with Gasteiger partial charge < -0.3 is 4.74 Å². The van der Waals surface area contributed by atoms with Crippen LogP contribution >= 0.6 is 0 Å². The Morgan fingerprint density at radius 1 is 1.17 bits per heavy atom. The van der Waals surface area contributed by atoms with Crippen LogP contribution in [0.25, 0.3) is 0 Å². The summed E-state index contributed by atoms with van der Waals surface area (Å²) in [6.07, 6.45) is 5.23. The van der Waals surface area contributed by atoms with Gasteiger partial charge in [0.2, 0.25) is 0 Å². The van der Waals surface area contributed by atoms with Crippen LogP contribution in [0.4, 0.5) is 4.79 Å². The molecule has 1 aromatic rings. The first-order valence-corrected chi connectivity index (χ1v) is 9.00. The average Bonchev–Trinajstić information content (AvgIpc) is 3.18. The van der Waals surface area contributed by atoms with Gasteiger partial charge in [0.05, 0.1) is 6.04 Å². The van der Waals surface area contributed by atoms with Gasteiger partial charge in [-0.3, -0.25) is 4.90 Å². The minimum absolute atomic E-state index is 0.151. The molecule has 4 unspecified atom stereocenters. The minimum Gasteiger partial charge on any atom is -0.444 e. The molecule has 124 valence electrons. The van der Waals surface area contributed by atoms with E-state index in [0.29, 0.717) is 12.5 Å². The van der Waals surface area contributed by atoms with Gasteiger partial charge in [0.15, 0.2) is 0 Å². The fourth-order valence-corrected chi connectivity index (χ4v) is 5.06. The first-order valence-electron chi connectivity index (χ1n) is 9.00. The average molecular weight is 313 g/mol. The van der Waals surface area contributed by atoms with Crippen molar-refractivity contribution in [2.45, 2.75) is 64.6 Å². The van der Waals surface area contributed by atoms with Gasteiger partial charge in [-0.15, -0.1) is 0 Å². The molecule has 3 aliphatic rings. The predicted octanol–water partition coefficient (Wildman–Crippen LogP) is 4.91. The molecule has 3 heteroatoms. The zero-order valence-corrected chi connectivity index (χ0v) is 14.4. The van der Waals surface area contributed by atoms with Crippen LogP contribution in [0.2, 0.25) is 0 Å². The molecule has 0 spiro atoms. The molecule has 0 N–H and O–H groups in total. The van der Waals surface area contributed by atoms with E-state index >= 15 is 0 Å². The second kappa shape index (κ2) is 5.25. The topological polar surface area (TPSA) is 29.5 Å². The van der Waals surface area contributed by atoms with E-state index in [2.05, 4.69) is 24.3 Å². The number of fused-ring (bicyclic) bond motifs is 3. The molecule has 2 saturated carbocycles. The number of rotatable bonds is 1. The van der Waals surface area contributed by atoms with Gasteiger partial charge in [0, 0.05) is 6.54 Å². The van der Waals surface area contributed by atoms with Crippen molar-refractivity contribution in [3.63, 3.8) is 0 Å². The van der Waals surface area contributed by atoms with E-state index in [4.69, 9.17) is 4.74 Å². The molecule has 4 rings (SSSR count). The van der Waals surface area contributed by atoms with Crippen LogP contribution in [0.3, 0.4) is 0 Å². The van der Waals surface area contributed by atoms with Gasteiger partial charge in [-0.2, -0.15) is 0 Å². The summed E-state index contributed by atoms with van der Waals surface area (Å²) in [7, 11) is 0. The van der Waals surface area contributed by atoms with Crippen molar-refractivity contribution in [3.8, 4) is 0 Å². The summed E-state index contributed by atoms with van der Waals surface area (Å²) >= 11 is 0. The molecule has 1 aliphatic heterocycles. The Kier molecular flexibility index (Phi) is 3.44. The highest BCUT2D eigenvalue weighted by molar-refractivity contribution is 5.70. The highest BCUT2D eigenvalue weighted by Gasteiger charge is 2.49. The van der Waals surface area contributed by atoms with Crippen molar-refractivity contribution in [1.29, 1.82) is 0 Å². The fourth-order valence-electron chi connectivity index (χ4n) is 5.06. The number of benzene rings is 1. The zero-order chi connectivity index (χ0) is 16.2. The van der Waals surface area contributed by atoms with Crippen LogP contribution in [-0.4, -0.2) is 16.6 Å². The van der Waals surface area contributed by atoms with Crippen LogP contribution in [0.15, 0.2) is 24.3 Å². The molecule has 2 fully saturated rings. The zero-order valence-electron chi connectivity index (χ0n) is 14.4. The number of hydrogen-bond acceptors (Lipinski definition) is 2. The van der Waals surface area contributed by atoms with Crippen molar-refractivity contribution >= 4 is 6.09 Å². The summed E-state index contributed by atoms with van der Waals surface area (Å²) < 4.78 is 5.71. The second-order valence-electron chi connectivity index (χ2n) is 8.59. The lowest BCUT2D eigenvalue weighted by Crippen LogP contribution is -2.39. The normalized spacial score (nSPS) is 32.2. The first-order chi connectivity index (χ1) is 10.9. The molecule has 0 saturated heterocycles. The maximum absolute atomic E-state index is 12.8. The fraction of sp³-hybridized carbons (Fsp3) is 0.650. The monoisotopic (exact) mass is 313 g/mol. The van der Waals surface area contributed by atoms with Crippen molar-refractivity contribution in [3.05, 3.63) is 35.4 Å². The summed E-state index contributed by atoms with van der Waals surface area (Å²) in [5.41, 5.74) is 2.22. The Balaban J connectivity index is 1.65. The lowest BCUT2D eigenvalue weighted by Gasteiger charge is -2.35. The maximum Gasteiger partial charge on any atom is 0.411 e. The van der Waals surface area contributed by atoms with Crippen molar-refractivity contribution in [1.82, 2.24) is 4.90 Å². The smallest absolute Gasteiger partial charge is 0.411 e. The summed E-state index contributed by atoms with van der Waals surface area (Å²) in [6.45, 7) is 6.53. The van der Waals surface area contributed by atoms with Crippen molar-refractivity contribution < 1.29 is 9.53 Å². The highest BCUT2D eigenvalue weighted by Crippen LogP contribution is 2.56. The van der Waals surface area contributed by atoms with E-state index in [9.17, 15) is 4.79 Å². The Morgan fingerprint density at radius 2 is 1.96 bits per heavy atom. The van der Waals surface area contributed by atoms with E-state index in [0.717, 1.165) is 11.8 Å². The van der Waals surface area contributed by atoms with Gasteiger partial charge in [-0.25, -0.2) is 4.79 Å². The summed E-state index contributed by atoms with van der Waals surface area (Å²) in [5.74, 6) is 2.30. The molecular formula is C20H27NO2. The molecule has 4 atom stereocenters. The maximum atomic E-state index is 12.8. The largest absolute Gasteiger partial charge is 0.444 e. The lowest BCUT2D eigenvalue weighted by atomic mass is 9.80. The van der Waals surface area contributed by atoms with Crippen LogP contribution in [0.5, 0.6) is 0 Å². The van der Waals surface area contributed by atoms with Gasteiger partial charge in [0.25, 0.3) is 0 Å². The van der Waals surface area contributed by atoms with E-state index in [1.165, 1.54) is 36.8 Å². The van der Waals surface area contributed by atoms with Crippen molar-refractivity contribution in [2.24, 2.45) is 17.8 Å². The summed E-state index contributed by atoms with van der Waals surface area (Å²) in [4.78, 5) is 14.8. The van der Waals surface area contributed by atoms with Crippen LogP contribution in [-0.2, 0) is 11.3 Å². The standard InChI is InChI=1S/C20H27NO2/c1-20(2,3)23-19(22)21-12-15-6-4-5-7-16(15)18(21)17-11-13-8-9-14(17)10-13/h4-7,13-14,17-18H,8-12H2,1-3H3. The van der Waals surface area contributed by atoms with Gasteiger partial charge in [-0.05, 0) is 68.9 Å². The molecule has 2 bridgehead atoms. The van der Waals surface area contributed by atoms with Crippen LogP contribution in [0.1, 0.15) is 63.6 Å². The van der Waals surface area contributed by atoms with E-state index in [1.807, 2.05) is 25.7 Å². The van der Waals surface area contributed by atoms with Gasteiger partial charge >= 0.3 is 6.09 Å². The number of hydrogen-bond donors (Lipinski definition) is 0. The van der Waals surface area contributed by atoms with Gasteiger partial charge in [0.1, 0.15) is 5.60 Å². The molecular weight excluding hydrogens is 286 g/mol. The van der Waals surface area contributed by atoms with E-state index in [-0.39, 0.29) is 12.1 Å². The molecule has 0 aromatic heterocycles. The molecule has 2 aliphatic carbocycles. The molecule has 3 nitrogen and oxygen atoms in total. The molecule has 1 heterocycles. The SMILES string of the molecule is CC(C)(C)OC(=O)N1Cc2ccccc2C1C1CC2CCC1C2. The molecule has 1 amide bonds. The Morgan fingerprint density at radius 3 is 2.61 bits per heavy atom. The molecule has 23 heavy (non-hydrogen) atoms. The summed E-state index contributed by atoms with van der Waals surface area (Å²) in [6, 6.07) is 8.79. The first kappa shape index (κ1) is 15.0. The van der Waals surface area contributed by atoms with Crippen LogP contribution in [0, 0.1) is 17.8 Å². The number of amides is 1. The third-order valence-electron chi connectivity index (χ3n) is 5.88. The number of carbonyl (C=O) groups excluding carboxylic acids is 1. The molecule has 1 aromatic carbocycles. The number of carbonyl (C=O) groups is 1. The van der Waals surface area contributed by atoms with Crippen LogP contribution < -0.4 is 0 Å². The second-order valence-corrected chi connectivity index (χ2v) is 8.59. The Hall–Kier alpha value is -1.51. The van der Waals surface area contributed by atoms with Gasteiger partial charge in [-0.1, -0.05) is 30.7 Å². The summed E-state index contributed by atoms with van der Waals surface area (Å²) in [5, 5.41) is 0. The molecule has 0 radical (unpaired) electrons. The lowest BCUT2D eigenvalue weighted by molar-refractivity contribution is 0.00725. The van der Waals surface area contributed by atoms with Crippen molar-refractivity contribution in [2.75, 3.05) is 0 Å². The Bertz CT molecular complexity index is 618. The minimum atomic E-state index is -0.439. The highest BCUT2D eigenvalue weighted by atomic mass is 16.6.